The molecule has 128 valence electrons. The van der Waals surface area contributed by atoms with Crippen LogP contribution in [0.4, 0.5) is 5.69 Å². The molecule has 0 saturated carbocycles. The number of halogens is 1. The minimum atomic E-state index is -0.0207. The van der Waals surface area contributed by atoms with Gasteiger partial charge in [0.25, 0.3) is 0 Å². The molecule has 0 aliphatic heterocycles. The van der Waals surface area contributed by atoms with Gasteiger partial charge in [-0.15, -0.1) is 0 Å². The molecule has 25 heavy (non-hydrogen) atoms. The molecule has 1 heterocycles. The summed E-state index contributed by atoms with van der Waals surface area (Å²) < 4.78 is 5.82. The number of carbonyl (C=O) groups is 1. The third kappa shape index (κ3) is 4.52. The molecule has 1 aromatic heterocycles. The van der Waals surface area contributed by atoms with E-state index in [0.29, 0.717) is 17.9 Å². The quantitative estimate of drug-likeness (QED) is 0.631. The minimum Gasteiger partial charge on any atom is -0.461 e. The van der Waals surface area contributed by atoms with Crippen molar-refractivity contribution in [2.45, 2.75) is 26.7 Å². The smallest absolute Gasteiger partial charge is 0.224 e. The molecule has 0 aliphatic carbocycles. The molecule has 0 spiro atoms. The van der Waals surface area contributed by atoms with E-state index in [0.717, 1.165) is 28.3 Å². The number of carbonyl (C=O) groups excluding carboxylic acids is 1. The van der Waals surface area contributed by atoms with E-state index < -0.39 is 0 Å². The predicted octanol–water partition coefficient (Wildman–Crippen LogP) is 5.79. The van der Waals surface area contributed by atoms with Gasteiger partial charge in [0.1, 0.15) is 11.5 Å². The van der Waals surface area contributed by atoms with E-state index in [4.69, 9.17) is 16.0 Å². The van der Waals surface area contributed by atoms with Crippen LogP contribution in [0.3, 0.4) is 0 Å². The lowest BCUT2D eigenvalue weighted by molar-refractivity contribution is -0.116. The third-order valence-electron chi connectivity index (χ3n) is 4.18. The summed E-state index contributed by atoms with van der Waals surface area (Å²) in [6.45, 7) is 4.09. The molecular formula is C21H20ClNO2. The lowest BCUT2D eigenvalue weighted by atomic mass is 10.1. The van der Waals surface area contributed by atoms with Gasteiger partial charge in [0, 0.05) is 29.1 Å². The second-order valence-corrected chi connectivity index (χ2v) is 6.56. The van der Waals surface area contributed by atoms with Crippen molar-refractivity contribution < 1.29 is 9.21 Å². The normalized spacial score (nSPS) is 10.7. The van der Waals surface area contributed by atoms with Crippen molar-refractivity contribution in [3.8, 4) is 11.3 Å². The van der Waals surface area contributed by atoms with Crippen LogP contribution in [-0.4, -0.2) is 5.91 Å². The fraction of sp³-hybridized carbons (Fsp3) is 0.190. The largest absolute Gasteiger partial charge is 0.461 e. The van der Waals surface area contributed by atoms with Crippen LogP contribution in [0.15, 0.2) is 59.0 Å². The number of nitrogens with one attached hydrogen (secondary N) is 1. The fourth-order valence-electron chi connectivity index (χ4n) is 2.56. The maximum atomic E-state index is 12.1. The molecule has 4 heteroatoms. The number of furan rings is 1. The maximum absolute atomic E-state index is 12.1. The summed E-state index contributed by atoms with van der Waals surface area (Å²) in [7, 11) is 0. The zero-order valence-electron chi connectivity index (χ0n) is 14.3. The van der Waals surface area contributed by atoms with Crippen LogP contribution in [0, 0.1) is 13.8 Å². The van der Waals surface area contributed by atoms with E-state index in [1.165, 1.54) is 5.56 Å². The predicted molar refractivity (Wildman–Crippen MR) is 102 cm³/mol. The summed E-state index contributed by atoms with van der Waals surface area (Å²) >= 11 is 5.90. The summed E-state index contributed by atoms with van der Waals surface area (Å²) in [4.78, 5) is 12.1. The van der Waals surface area contributed by atoms with Crippen molar-refractivity contribution in [2.24, 2.45) is 0 Å². The fourth-order valence-corrected chi connectivity index (χ4v) is 2.69. The number of anilines is 1. The zero-order valence-corrected chi connectivity index (χ0v) is 15.1. The molecule has 1 N–H and O–H groups in total. The minimum absolute atomic E-state index is 0.0207. The highest BCUT2D eigenvalue weighted by Crippen LogP contribution is 2.24. The van der Waals surface area contributed by atoms with E-state index >= 15 is 0 Å². The molecule has 0 bridgehead atoms. The number of amides is 1. The van der Waals surface area contributed by atoms with Crippen LogP contribution in [0.1, 0.15) is 23.3 Å². The standard InChI is InChI=1S/C21H20ClNO2/c1-14-3-8-18(13-15(14)2)23-21(24)12-10-19-9-11-20(25-19)16-4-6-17(22)7-5-16/h3-9,11,13H,10,12H2,1-2H3,(H,23,24). The first-order chi connectivity index (χ1) is 12.0. The molecule has 0 unspecified atom stereocenters. The van der Waals surface area contributed by atoms with Crippen LogP contribution >= 0.6 is 11.6 Å². The summed E-state index contributed by atoms with van der Waals surface area (Å²) in [5.41, 5.74) is 4.17. The first-order valence-corrected chi connectivity index (χ1v) is 8.61. The summed E-state index contributed by atoms with van der Waals surface area (Å²) in [6, 6.07) is 17.2. The first-order valence-electron chi connectivity index (χ1n) is 8.23. The molecule has 0 aliphatic rings. The van der Waals surface area contributed by atoms with Crippen molar-refractivity contribution in [1.82, 2.24) is 0 Å². The zero-order chi connectivity index (χ0) is 17.8. The number of benzene rings is 2. The van der Waals surface area contributed by atoms with Crippen molar-refractivity contribution in [1.29, 1.82) is 0 Å². The maximum Gasteiger partial charge on any atom is 0.224 e. The Hall–Kier alpha value is -2.52. The van der Waals surface area contributed by atoms with Gasteiger partial charge < -0.3 is 9.73 Å². The van der Waals surface area contributed by atoms with Crippen LogP contribution in [0.2, 0.25) is 5.02 Å². The lowest BCUT2D eigenvalue weighted by Crippen LogP contribution is -2.12. The van der Waals surface area contributed by atoms with Crippen molar-refractivity contribution in [3.63, 3.8) is 0 Å². The van der Waals surface area contributed by atoms with Gasteiger partial charge in [-0.2, -0.15) is 0 Å². The van der Waals surface area contributed by atoms with Crippen molar-refractivity contribution >= 4 is 23.2 Å². The Morgan fingerprint density at radius 1 is 1.00 bits per heavy atom. The summed E-state index contributed by atoms with van der Waals surface area (Å²) in [5.74, 6) is 1.55. The Morgan fingerprint density at radius 2 is 1.76 bits per heavy atom. The van der Waals surface area contributed by atoms with Crippen molar-refractivity contribution in [3.05, 3.63) is 76.5 Å². The highest BCUT2D eigenvalue weighted by atomic mass is 35.5. The van der Waals surface area contributed by atoms with Gasteiger partial charge in [-0.25, -0.2) is 0 Å². The Morgan fingerprint density at radius 3 is 2.48 bits per heavy atom. The van der Waals surface area contributed by atoms with Gasteiger partial charge in [-0.1, -0.05) is 17.7 Å². The Balaban J connectivity index is 1.57. The van der Waals surface area contributed by atoms with E-state index in [1.54, 1.807) is 0 Å². The highest BCUT2D eigenvalue weighted by Gasteiger charge is 2.08. The topological polar surface area (TPSA) is 42.2 Å². The third-order valence-corrected chi connectivity index (χ3v) is 4.43. The Kier molecular flexibility index (Phi) is 5.25. The number of hydrogen-bond acceptors (Lipinski definition) is 2. The Labute approximate surface area is 152 Å². The van der Waals surface area contributed by atoms with Crippen LogP contribution in [0.5, 0.6) is 0 Å². The monoisotopic (exact) mass is 353 g/mol. The average Bonchev–Trinajstić information content (AvgIpc) is 3.06. The van der Waals surface area contributed by atoms with Crippen LogP contribution < -0.4 is 5.32 Å². The molecular weight excluding hydrogens is 334 g/mol. The summed E-state index contributed by atoms with van der Waals surface area (Å²) in [5, 5.41) is 3.62. The highest BCUT2D eigenvalue weighted by molar-refractivity contribution is 6.30. The molecule has 0 fully saturated rings. The molecule has 0 radical (unpaired) electrons. The molecule has 3 rings (SSSR count). The van der Waals surface area contributed by atoms with Gasteiger partial charge in [0.05, 0.1) is 0 Å². The van der Waals surface area contributed by atoms with E-state index in [-0.39, 0.29) is 5.91 Å². The van der Waals surface area contributed by atoms with Gasteiger partial charge in [-0.05, 0) is 73.5 Å². The number of rotatable bonds is 5. The second kappa shape index (κ2) is 7.58. The molecule has 3 aromatic rings. The lowest BCUT2D eigenvalue weighted by Gasteiger charge is -2.07. The number of aryl methyl sites for hydroxylation is 3. The molecule has 1 amide bonds. The second-order valence-electron chi connectivity index (χ2n) is 6.12. The van der Waals surface area contributed by atoms with E-state index in [2.05, 4.69) is 12.2 Å². The van der Waals surface area contributed by atoms with Gasteiger partial charge >= 0.3 is 0 Å². The van der Waals surface area contributed by atoms with Gasteiger partial charge in [-0.3, -0.25) is 4.79 Å². The first kappa shape index (κ1) is 17.3. The Bertz CT molecular complexity index is 881. The molecule has 3 nitrogen and oxygen atoms in total. The SMILES string of the molecule is Cc1ccc(NC(=O)CCc2ccc(-c3ccc(Cl)cc3)o2)cc1C. The van der Waals surface area contributed by atoms with E-state index in [1.807, 2.05) is 61.5 Å². The van der Waals surface area contributed by atoms with Crippen LogP contribution in [-0.2, 0) is 11.2 Å². The molecule has 0 saturated heterocycles. The average molecular weight is 354 g/mol. The van der Waals surface area contributed by atoms with E-state index in [9.17, 15) is 4.79 Å². The number of hydrogen-bond donors (Lipinski definition) is 1. The van der Waals surface area contributed by atoms with Crippen LogP contribution in [0.25, 0.3) is 11.3 Å². The molecule has 0 atom stereocenters. The van der Waals surface area contributed by atoms with Crippen molar-refractivity contribution in [2.75, 3.05) is 5.32 Å². The van der Waals surface area contributed by atoms with Gasteiger partial charge in [0.15, 0.2) is 0 Å². The molecule has 2 aromatic carbocycles. The summed E-state index contributed by atoms with van der Waals surface area (Å²) in [6.07, 6.45) is 0.935. The van der Waals surface area contributed by atoms with Gasteiger partial charge in [0.2, 0.25) is 5.91 Å².